The fourth-order valence-corrected chi connectivity index (χ4v) is 3.61. The number of hydrogen-bond donors (Lipinski definition) is 0. The summed E-state index contributed by atoms with van der Waals surface area (Å²) >= 11 is 0. The average molecular weight is 400 g/mol. The van der Waals surface area contributed by atoms with Crippen LogP contribution < -0.4 is 0 Å². The van der Waals surface area contributed by atoms with Gasteiger partial charge in [-0.15, -0.1) is 0 Å². The summed E-state index contributed by atoms with van der Waals surface area (Å²) in [6.07, 6.45) is -2.87. The summed E-state index contributed by atoms with van der Waals surface area (Å²) in [6, 6.07) is 9.38. The van der Waals surface area contributed by atoms with E-state index in [9.17, 15) is 14.2 Å². The third kappa shape index (κ3) is 6.04. The lowest BCUT2D eigenvalue weighted by Crippen LogP contribution is -2.40. The van der Waals surface area contributed by atoms with Crippen molar-refractivity contribution < 1.29 is 37.4 Å². The Morgan fingerprint density at radius 2 is 1.59 bits per heavy atom. The molecule has 1 saturated heterocycles. The molecule has 2 rings (SSSR count). The van der Waals surface area contributed by atoms with Crippen LogP contribution in [0.15, 0.2) is 30.3 Å². The van der Waals surface area contributed by atoms with E-state index in [0.717, 1.165) is 5.56 Å². The number of benzene rings is 1. The molecule has 0 aromatic heterocycles. The summed E-state index contributed by atoms with van der Waals surface area (Å²) in [4.78, 5) is 25.1. The quantitative estimate of drug-likeness (QED) is 0.552. The van der Waals surface area contributed by atoms with Crippen molar-refractivity contribution in [1.29, 1.82) is 0 Å². The van der Waals surface area contributed by atoms with Crippen molar-refractivity contribution in [3.8, 4) is 0 Å². The summed E-state index contributed by atoms with van der Waals surface area (Å²) < 4.78 is 38.4. The van der Waals surface area contributed by atoms with E-state index >= 15 is 0 Å². The van der Waals surface area contributed by atoms with Crippen molar-refractivity contribution in [3.63, 3.8) is 0 Å². The van der Waals surface area contributed by atoms with E-state index in [0.29, 0.717) is 0 Å². The maximum atomic E-state index is 12.5. The number of Topliss-reactive ketones (excluding diaryl/α,β-unsaturated/α-hetero) is 2. The summed E-state index contributed by atoms with van der Waals surface area (Å²) in [5, 5.41) is 0. The monoisotopic (exact) mass is 400 g/mol. The summed E-state index contributed by atoms with van der Waals surface area (Å²) in [7, 11) is -1.20. The largest absolute Gasteiger partial charge is 0.369 e. The van der Waals surface area contributed by atoms with E-state index < -0.39 is 43.3 Å². The second kappa shape index (κ2) is 9.19. The topological polar surface area (TPSA) is 97.4 Å². The van der Waals surface area contributed by atoms with Gasteiger partial charge in [-0.05, 0) is 19.4 Å². The second-order valence-corrected chi connectivity index (χ2v) is 8.79. The molecule has 0 aliphatic carbocycles. The molecule has 1 aromatic rings. The predicted molar refractivity (Wildman–Crippen MR) is 96.4 cm³/mol. The van der Waals surface area contributed by atoms with Gasteiger partial charge in [0.15, 0.2) is 29.6 Å². The molecule has 1 aliphatic rings. The summed E-state index contributed by atoms with van der Waals surface area (Å²) in [6.45, 7) is 3.20. The molecule has 0 spiro atoms. The fourth-order valence-electron chi connectivity index (χ4n) is 2.64. The Hall–Kier alpha value is -1.41. The van der Waals surface area contributed by atoms with Crippen LogP contribution in [0.3, 0.4) is 0 Å². The van der Waals surface area contributed by atoms with Crippen molar-refractivity contribution in [2.24, 2.45) is 0 Å². The van der Waals surface area contributed by atoms with Crippen molar-refractivity contribution in [2.75, 3.05) is 27.0 Å². The first kappa shape index (κ1) is 21.9. The van der Waals surface area contributed by atoms with Crippen LogP contribution in [0.1, 0.15) is 19.4 Å². The molecule has 1 aliphatic heterocycles. The van der Waals surface area contributed by atoms with Crippen molar-refractivity contribution >= 4 is 19.2 Å². The van der Waals surface area contributed by atoms with Gasteiger partial charge in [-0.25, -0.2) is 0 Å². The molecule has 1 aromatic carbocycles. The first-order chi connectivity index (χ1) is 12.7. The van der Waals surface area contributed by atoms with Crippen molar-refractivity contribution in [3.05, 3.63) is 35.9 Å². The Morgan fingerprint density at radius 3 is 2.15 bits per heavy atom. The zero-order valence-corrected chi connectivity index (χ0v) is 16.8. The smallest absolute Gasteiger partial charge is 0.337 e. The van der Waals surface area contributed by atoms with Gasteiger partial charge < -0.3 is 23.3 Å². The van der Waals surface area contributed by atoms with Gasteiger partial charge >= 0.3 is 7.60 Å². The molecule has 0 bridgehead atoms. The predicted octanol–water partition coefficient (Wildman–Crippen LogP) is 2.35. The van der Waals surface area contributed by atoms with Crippen molar-refractivity contribution in [1.82, 2.24) is 0 Å². The molecule has 1 fully saturated rings. The SMILES string of the molecule is COP(=O)(CC(=O)[C@@H]1OC(C)(C)O[C@@H]1C(=O)COCc1ccccc1)OC. The zero-order chi connectivity index (χ0) is 20.1. The van der Waals surface area contributed by atoms with Gasteiger partial charge in [0, 0.05) is 14.2 Å². The molecule has 0 saturated carbocycles. The number of ether oxygens (including phenoxy) is 3. The van der Waals surface area contributed by atoms with Crippen LogP contribution in [0.2, 0.25) is 0 Å². The lowest BCUT2D eigenvalue weighted by molar-refractivity contribution is -0.159. The van der Waals surface area contributed by atoms with E-state index in [1.54, 1.807) is 13.8 Å². The highest BCUT2D eigenvalue weighted by molar-refractivity contribution is 7.54. The van der Waals surface area contributed by atoms with E-state index in [-0.39, 0.29) is 13.2 Å². The highest BCUT2D eigenvalue weighted by atomic mass is 31.2. The zero-order valence-electron chi connectivity index (χ0n) is 15.9. The van der Waals surface area contributed by atoms with Gasteiger partial charge in [0.2, 0.25) is 0 Å². The molecule has 0 N–H and O–H groups in total. The number of carbonyl (C=O) groups excluding carboxylic acids is 2. The Morgan fingerprint density at radius 1 is 1.04 bits per heavy atom. The van der Waals surface area contributed by atoms with Crippen LogP contribution in [0.5, 0.6) is 0 Å². The first-order valence-corrected chi connectivity index (χ1v) is 10.2. The van der Waals surface area contributed by atoms with Crippen LogP contribution in [0, 0.1) is 0 Å². The van der Waals surface area contributed by atoms with Crippen LogP contribution in [0.25, 0.3) is 0 Å². The van der Waals surface area contributed by atoms with Gasteiger partial charge in [0.05, 0.1) is 6.61 Å². The van der Waals surface area contributed by atoms with E-state index in [4.69, 9.17) is 23.3 Å². The Balaban J connectivity index is 2.00. The van der Waals surface area contributed by atoms with Crippen LogP contribution in [-0.4, -0.2) is 56.5 Å². The Kier molecular flexibility index (Phi) is 7.45. The van der Waals surface area contributed by atoms with Crippen LogP contribution in [-0.2, 0) is 44.0 Å². The summed E-state index contributed by atoms with van der Waals surface area (Å²) in [5.74, 6) is -2.15. The van der Waals surface area contributed by atoms with Gasteiger partial charge in [-0.1, -0.05) is 30.3 Å². The van der Waals surface area contributed by atoms with E-state index in [1.807, 2.05) is 30.3 Å². The number of hydrogen-bond acceptors (Lipinski definition) is 8. The fraction of sp³-hybridized carbons (Fsp3) is 0.556. The molecule has 0 radical (unpaired) electrons. The lowest BCUT2D eigenvalue weighted by Gasteiger charge is -2.18. The molecule has 1 heterocycles. The normalized spacial score (nSPS) is 21.9. The maximum Gasteiger partial charge on any atom is 0.337 e. The molecule has 0 unspecified atom stereocenters. The highest BCUT2D eigenvalue weighted by Crippen LogP contribution is 2.47. The minimum Gasteiger partial charge on any atom is -0.369 e. The van der Waals surface area contributed by atoms with E-state index in [1.165, 1.54) is 14.2 Å². The standard InChI is InChI=1S/C18H25O8P/c1-18(2)25-16(14(19)11-24-10-13-8-6-5-7-9-13)17(26-18)15(20)12-27(21,22-3)23-4/h5-9,16-17H,10-12H2,1-4H3/t16-,17+/m1/s1. The molecule has 8 nitrogen and oxygen atoms in total. The minimum atomic E-state index is -3.58. The molecule has 150 valence electrons. The molecule has 0 amide bonds. The average Bonchev–Trinajstić information content (AvgIpc) is 2.98. The first-order valence-electron chi connectivity index (χ1n) is 8.43. The Labute approximate surface area is 158 Å². The number of ketones is 2. The molecular weight excluding hydrogens is 375 g/mol. The molecule has 9 heteroatoms. The second-order valence-electron chi connectivity index (χ2n) is 6.52. The third-order valence-corrected chi connectivity index (χ3v) is 5.80. The molecule has 2 atom stereocenters. The lowest BCUT2D eigenvalue weighted by atomic mass is 10.1. The third-order valence-electron chi connectivity index (χ3n) is 3.99. The van der Waals surface area contributed by atoms with Crippen LogP contribution in [0.4, 0.5) is 0 Å². The number of rotatable bonds is 10. The van der Waals surface area contributed by atoms with Gasteiger partial charge in [-0.3, -0.25) is 14.2 Å². The van der Waals surface area contributed by atoms with E-state index in [2.05, 4.69) is 0 Å². The summed E-state index contributed by atoms with van der Waals surface area (Å²) in [5.41, 5.74) is 0.919. The number of carbonyl (C=O) groups is 2. The highest BCUT2D eigenvalue weighted by Gasteiger charge is 2.49. The maximum absolute atomic E-state index is 12.5. The van der Waals surface area contributed by atoms with Gasteiger partial charge in [-0.2, -0.15) is 0 Å². The minimum absolute atomic E-state index is 0.241. The molecule has 27 heavy (non-hydrogen) atoms. The van der Waals surface area contributed by atoms with Gasteiger partial charge in [0.25, 0.3) is 0 Å². The van der Waals surface area contributed by atoms with Gasteiger partial charge in [0.1, 0.15) is 12.8 Å². The van der Waals surface area contributed by atoms with Crippen LogP contribution >= 0.6 is 7.60 Å². The van der Waals surface area contributed by atoms with Crippen molar-refractivity contribution in [2.45, 2.75) is 38.4 Å². The Bertz CT molecular complexity index is 695. The molecular formula is C18H25O8P.